The third-order valence-electron chi connectivity index (χ3n) is 2.77. The van der Waals surface area contributed by atoms with Crippen molar-refractivity contribution in [2.75, 3.05) is 5.32 Å². The van der Waals surface area contributed by atoms with Gasteiger partial charge in [-0.2, -0.15) is 0 Å². The van der Waals surface area contributed by atoms with Gasteiger partial charge >= 0.3 is 0 Å². The molecular weight excluding hydrogens is 278 g/mol. The van der Waals surface area contributed by atoms with Crippen molar-refractivity contribution in [3.8, 4) is 11.3 Å². The van der Waals surface area contributed by atoms with Crippen LogP contribution in [-0.4, -0.2) is 4.98 Å². The quantitative estimate of drug-likeness (QED) is 0.746. The second-order valence-corrected chi connectivity index (χ2v) is 4.98. The molecular formula is C15H10F2N2S. The standard InChI is InChI=1S/C15H10F2N2S/c16-11-7-4-8-12(17)14(11)19-15-18-13(9-20-15)10-5-2-1-3-6-10/h1-9H,(H,18,19). The molecule has 0 aliphatic rings. The number of hydrogen-bond donors (Lipinski definition) is 1. The van der Waals surface area contributed by atoms with Crippen LogP contribution in [0.5, 0.6) is 0 Å². The van der Waals surface area contributed by atoms with Gasteiger partial charge in [-0.3, -0.25) is 0 Å². The first-order chi connectivity index (χ1) is 9.74. The van der Waals surface area contributed by atoms with Crippen LogP contribution >= 0.6 is 11.3 Å². The van der Waals surface area contributed by atoms with Crippen LogP contribution in [0.2, 0.25) is 0 Å². The molecule has 2 nitrogen and oxygen atoms in total. The van der Waals surface area contributed by atoms with Crippen LogP contribution in [0.15, 0.2) is 53.9 Å². The maximum atomic E-state index is 13.5. The highest BCUT2D eigenvalue weighted by molar-refractivity contribution is 7.14. The van der Waals surface area contributed by atoms with Gasteiger partial charge in [-0.05, 0) is 12.1 Å². The first-order valence-electron chi connectivity index (χ1n) is 5.96. The molecule has 2 aromatic carbocycles. The van der Waals surface area contributed by atoms with Crippen molar-refractivity contribution < 1.29 is 8.78 Å². The highest BCUT2D eigenvalue weighted by atomic mass is 32.1. The van der Waals surface area contributed by atoms with E-state index in [9.17, 15) is 8.78 Å². The predicted molar refractivity (Wildman–Crippen MR) is 77.2 cm³/mol. The van der Waals surface area contributed by atoms with Gasteiger partial charge in [-0.1, -0.05) is 36.4 Å². The fourth-order valence-electron chi connectivity index (χ4n) is 1.80. The molecule has 3 rings (SSSR count). The summed E-state index contributed by atoms with van der Waals surface area (Å²) < 4.78 is 27.1. The van der Waals surface area contributed by atoms with E-state index in [1.165, 1.54) is 29.5 Å². The normalized spacial score (nSPS) is 10.5. The molecule has 5 heteroatoms. The molecule has 0 saturated heterocycles. The number of rotatable bonds is 3. The van der Waals surface area contributed by atoms with Gasteiger partial charge in [0.1, 0.15) is 17.3 Å². The van der Waals surface area contributed by atoms with E-state index in [4.69, 9.17) is 0 Å². The number of aromatic nitrogens is 1. The lowest BCUT2D eigenvalue weighted by Gasteiger charge is -2.04. The Morgan fingerprint density at radius 3 is 2.30 bits per heavy atom. The fraction of sp³-hybridized carbons (Fsp3) is 0. The maximum absolute atomic E-state index is 13.5. The zero-order valence-electron chi connectivity index (χ0n) is 10.3. The van der Waals surface area contributed by atoms with Crippen molar-refractivity contribution in [3.05, 3.63) is 65.5 Å². The number of para-hydroxylation sites is 1. The van der Waals surface area contributed by atoms with Crippen LogP contribution in [0.3, 0.4) is 0 Å². The highest BCUT2D eigenvalue weighted by Crippen LogP contribution is 2.29. The Kier molecular flexibility index (Phi) is 3.43. The molecule has 1 N–H and O–H groups in total. The molecule has 1 aromatic heterocycles. The van der Waals surface area contributed by atoms with Gasteiger partial charge in [0.15, 0.2) is 5.13 Å². The van der Waals surface area contributed by atoms with Crippen LogP contribution in [0.4, 0.5) is 19.6 Å². The summed E-state index contributed by atoms with van der Waals surface area (Å²) in [5.74, 6) is -1.28. The summed E-state index contributed by atoms with van der Waals surface area (Å²) in [5, 5.41) is 4.98. The SMILES string of the molecule is Fc1cccc(F)c1Nc1nc(-c2ccccc2)cs1. The number of anilines is 2. The second-order valence-electron chi connectivity index (χ2n) is 4.13. The number of thiazole rings is 1. The summed E-state index contributed by atoms with van der Waals surface area (Å²) in [6.45, 7) is 0. The Balaban J connectivity index is 1.88. The molecule has 0 saturated carbocycles. The summed E-state index contributed by atoms with van der Waals surface area (Å²) in [5.41, 5.74) is 1.56. The first-order valence-corrected chi connectivity index (χ1v) is 6.84. The van der Waals surface area contributed by atoms with Crippen LogP contribution in [0, 0.1) is 11.6 Å². The van der Waals surface area contributed by atoms with Gasteiger partial charge in [0, 0.05) is 10.9 Å². The zero-order valence-corrected chi connectivity index (χ0v) is 11.1. The topological polar surface area (TPSA) is 24.9 Å². The largest absolute Gasteiger partial charge is 0.327 e. The number of halogens is 2. The van der Waals surface area contributed by atoms with Gasteiger partial charge in [0.2, 0.25) is 0 Å². The lowest BCUT2D eigenvalue weighted by atomic mass is 10.2. The van der Waals surface area contributed by atoms with E-state index in [2.05, 4.69) is 10.3 Å². The van der Waals surface area contributed by atoms with E-state index in [1.54, 1.807) is 0 Å². The van der Waals surface area contributed by atoms with Gasteiger partial charge in [0.25, 0.3) is 0 Å². The maximum Gasteiger partial charge on any atom is 0.187 e. The zero-order chi connectivity index (χ0) is 13.9. The highest BCUT2D eigenvalue weighted by Gasteiger charge is 2.11. The molecule has 0 atom stereocenters. The Labute approximate surface area is 118 Å². The minimum absolute atomic E-state index is 0.179. The Bertz CT molecular complexity index is 705. The molecule has 0 aliphatic carbocycles. The van der Waals surface area contributed by atoms with Crippen molar-refractivity contribution in [1.29, 1.82) is 0 Å². The Hall–Kier alpha value is -2.27. The summed E-state index contributed by atoms with van der Waals surface area (Å²) in [7, 11) is 0. The van der Waals surface area contributed by atoms with Crippen molar-refractivity contribution in [2.24, 2.45) is 0 Å². The van der Waals surface area contributed by atoms with Gasteiger partial charge in [-0.25, -0.2) is 13.8 Å². The van der Waals surface area contributed by atoms with Gasteiger partial charge in [-0.15, -0.1) is 11.3 Å². The average Bonchev–Trinajstić information content (AvgIpc) is 2.93. The van der Waals surface area contributed by atoms with Crippen LogP contribution in [0.1, 0.15) is 0 Å². The third kappa shape index (κ3) is 2.53. The van der Waals surface area contributed by atoms with E-state index >= 15 is 0 Å². The van der Waals surface area contributed by atoms with Crippen molar-refractivity contribution in [1.82, 2.24) is 4.98 Å². The molecule has 3 aromatic rings. The minimum atomic E-state index is -0.638. The first kappa shape index (κ1) is 12.7. The van der Waals surface area contributed by atoms with Crippen molar-refractivity contribution in [2.45, 2.75) is 0 Å². The molecule has 1 heterocycles. The van der Waals surface area contributed by atoms with Gasteiger partial charge < -0.3 is 5.32 Å². The number of nitrogens with zero attached hydrogens (tertiary/aromatic N) is 1. The smallest absolute Gasteiger partial charge is 0.187 e. The molecule has 0 fully saturated rings. The molecule has 20 heavy (non-hydrogen) atoms. The number of benzene rings is 2. The molecule has 0 amide bonds. The lowest BCUT2D eigenvalue weighted by Crippen LogP contribution is -1.96. The Morgan fingerprint density at radius 1 is 0.900 bits per heavy atom. The minimum Gasteiger partial charge on any atom is -0.327 e. The molecule has 0 bridgehead atoms. The van der Waals surface area contributed by atoms with E-state index in [0.29, 0.717) is 5.13 Å². The van der Waals surface area contributed by atoms with E-state index < -0.39 is 11.6 Å². The molecule has 0 unspecified atom stereocenters. The van der Waals surface area contributed by atoms with Crippen LogP contribution in [0.25, 0.3) is 11.3 Å². The van der Waals surface area contributed by atoms with E-state index in [0.717, 1.165) is 11.3 Å². The fourth-order valence-corrected chi connectivity index (χ4v) is 2.52. The predicted octanol–water partition coefficient (Wildman–Crippen LogP) is 4.83. The van der Waals surface area contributed by atoms with Crippen molar-refractivity contribution >= 4 is 22.2 Å². The molecule has 0 radical (unpaired) electrons. The number of hydrogen-bond acceptors (Lipinski definition) is 3. The van der Waals surface area contributed by atoms with E-state index in [-0.39, 0.29) is 5.69 Å². The number of nitrogens with one attached hydrogen (secondary N) is 1. The summed E-state index contributed by atoms with van der Waals surface area (Å²) in [6, 6.07) is 13.4. The molecule has 0 aliphatic heterocycles. The third-order valence-corrected chi connectivity index (χ3v) is 3.53. The average molecular weight is 288 g/mol. The molecule has 100 valence electrons. The molecule has 0 spiro atoms. The van der Waals surface area contributed by atoms with Crippen LogP contribution < -0.4 is 5.32 Å². The summed E-state index contributed by atoms with van der Waals surface area (Å²) >= 11 is 1.30. The summed E-state index contributed by atoms with van der Waals surface area (Å²) in [4.78, 5) is 4.33. The second kappa shape index (κ2) is 5.38. The monoisotopic (exact) mass is 288 g/mol. The van der Waals surface area contributed by atoms with E-state index in [1.807, 2.05) is 35.7 Å². The Morgan fingerprint density at radius 2 is 1.60 bits per heavy atom. The van der Waals surface area contributed by atoms with Gasteiger partial charge in [0.05, 0.1) is 5.69 Å². The lowest BCUT2D eigenvalue weighted by molar-refractivity contribution is 0.591. The van der Waals surface area contributed by atoms with Crippen LogP contribution in [-0.2, 0) is 0 Å². The summed E-state index contributed by atoms with van der Waals surface area (Å²) in [6.07, 6.45) is 0. The van der Waals surface area contributed by atoms with Crippen molar-refractivity contribution in [3.63, 3.8) is 0 Å².